The Bertz CT molecular complexity index is 1210. The lowest BCUT2D eigenvalue weighted by molar-refractivity contribution is -0.132. The molecule has 0 radical (unpaired) electrons. The lowest BCUT2D eigenvalue weighted by Crippen LogP contribution is -2.51. The molecule has 1 aliphatic rings. The van der Waals surface area contributed by atoms with Gasteiger partial charge in [0.1, 0.15) is 11.6 Å². The van der Waals surface area contributed by atoms with Crippen LogP contribution in [0.3, 0.4) is 0 Å². The first-order valence-electron chi connectivity index (χ1n) is 13.8. The molecule has 2 aromatic rings. The summed E-state index contributed by atoms with van der Waals surface area (Å²) in [4.78, 5) is 32.9. The molecule has 1 unspecified atom stereocenters. The molecule has 216 valence electrons. The zero-order valence-electron chi connectivity index (χ0n) is 23.5. The predicted octanol–water partition coefficient (Wildman–Crippen LogP) is 4.07. The number of nitrogens with two attached hydrogens (primary N) is 1. The summed E-state index contributed by atoms with van der Waals surface area (Å²) >= 11 is 0. The second-order valence-electron chi connectivity index (χ2n) is 10.5. The highest BCUT2D eigenvalue weighted by Gasteiger charge is 2.48. The van der Waals surface area contributed by atoms with Crippen LogP contribution in [-0.2, 0) is 22.6 Å². The summed E-state index contributed by atoms with van der Waals surface area (Å²) in [5.41, 5.74) is 6.72. The fraction of sp³-hybridized carbons (Fsp3) is 0.452. The number of aliphatic hydroxyl groups is 1. The molecule has 0 fully saturated rings. The Morgan fingerprint density at radius 3 is 2.40 bits per heavy atom. The van der Waals surface area contributed by atoms with Gasteiger partial charge in [0.15, 0.2) is 0 Å². The van der Waals surface area contributed by atoms with Crippen LogP contribution in [0.25, 0.3) is 0 Å². The lowest BCUT2D eigenvalue weighted by Gasteiger charge is -2.42. The fourth-order valence-corrected chi connectivity index (χ4v) is 5.55. The van der Waals surface area contributed by atoms with E-state index in [4.69, 9.17) is 5.73 Å². The molecule has 0 aliphatic heterocycles. The molecule has 0 spiro atoms. The lowest BCUT2D eigenvalue weighted by atomic mass is 9.63. The van der Waals surface area contributed by atoms with Crippen LogP contribution in [0, 0.1) is 23.0 Å². The van der Waals surface area contributed by atoms with Gasteiger partial charge in [-0.3, -0.25) is 14.6 Å². The number of allylic oxidation sites excluding steroid dienone is 2. The van der Waals surface area contributed by atoms with Crippen molar-refractivity contribution in [2.24, 2.45) is 17.1 Å². The number of carbonyl (C=O) groups is 2. The first kappa shape index (κ1) is 31.1. The monoisotopic (exact) mass is 554 g/mol. The highest BCUT2D eigenvalue weighted by Crippen LogP contribution is 2.44. The van der Waals surface area contributed by atoms with Crippen LogP contribution in [0.1, 0.15) is 51.3 Å². The maximum atomic E-state index is 14.1. The number of pyridine rings is 1. The number of benzene rings is 1. The van der Waals surface area contributed by atoms with E-state index in [1.807, 2.05) is 26.0 Å². The molecule has 1 aliphatic carbocycles. The fourth-order valence-electron chi connectivity index (χ4n) is 5.55. The maximum Gasteiger partial charge on any atom is 0.249 e. The number of amides is 2. The molecule has 40 heavy (non-hydrogen) atoms. The van der Waals surface area contributed by atoms with Gasteiger partial charge in [-0.25, -0.2) is 8.78 Å². The van der Waals surface area contributed by atoms with Gasteiger partial charge in [0.2, 0.25) is 11.8 Å². The van der Waals surface area contributed by atoms with Gasteiger partial charge in [-0.2, -0.15) is 0 Å². The highest BCUT2D eigenvalue weighted by atomic mass is 19.1. The number of aromatic nitrogens is 1. The van der Waals surface area contributed by atoms with Crippen molar-refractivity contribution in [2.75, 3.05) is 19.6 Å². The number of aliphatic hydroxyl groups excluding tert-OH is 1. The molecule has 1 heterocycles. The van der Waals surface area contributed by atoms with E-state index in [1.54, 1.807) is 36.2 Å². The number of nitrogens with zero attached hydrogens (tertiary/aromatic N) is 2. The SMILES string of the molecule is CCCN(CCC)C(=O)C1=CC(C)=CC(C(N)=O)([C@H](Cc2cc(F)cc(F)c2)[C@@H](O)CNCc2ccccn2)C1. The smallest absolute Gasteiger partial charge is 0.249 e. The normalized spacial score (nSPS) is 18.4. The van der Waals surface area contributed by atoms with Crippen molar-refractivity contribution in [2.45, 2.75) is 59.1 Å². The minimum Gasteiger partial charge on any atom is -0.391 e. The standard InChI is InChI=1S/C31H40F2N4O3/c1-4-10-37(11-5-2)29(39)23-12-21(3)17-31(18-23,30(34)40)27(15-22-13-24(32)16-25(33)14-22)28(38)20-35-19-26-8-6-7-9-36-26/h6-9,12-14,16-17,27-28,35,38H,4-5,10-11,15,18-20H2,1-3H3,(H2,34,40)/t27-,28+,31?/m1/s1. The topological polar surface area (TPSA) is 109 Å². The molecule has 0 saturated heterocycles. The van der Waals surface area contributed by atoms with Crippen LogP contribution >= 0.6 is 0 Å². The summed E-state index contributed by atoms with van der Waals surface area (Å²) in [7, 11) is 0. The summed E-state index contributed by atoms with van der Waals surface area (Å²) in [6.45, 7) is 7.33. The number of rotatable bonds is 14. The molecule has 1 aromatic carbocycles. The van der Waals surface area contributed by atoms with Gasteiger partial charge in [-0.15, -0.1) is 0 Å². The molecule has 0 saturated carbocycles. The van der Waals surface area contributed by atoms with Gasteiger partial charge in [0, 0.05) is 49.9 Å². The number of hydrogen-bond acceptors (Lipinski definition) is 5. The Morgan fingerprint density at radius 1 is 1.15 bits per heavy atom. The van der Waals surface area contributed by atoms with Crippen LogP contribution in [0.2, 0.25) is 0 Å². The quantitative estimate of drug-likeness (QED) is 0.326. The zero-order valence-corrected chi connectivity index (χ0v) is 23.5. The zero-order chi connectivity index (χ0) is 29.3. The highest BCUT2D eigenvalue weighted by molar-refractivity contribution is 5.96. The summed E-state index contributed by atoms with van der Waals surface area (Å²) in [6, 6.07) is 8.63. The minimum absolute atomic E-state index is 0.0256. The average molecular weight is 555 g/mol. The Morgan fingerprint density at radius 2 is 1.82 bits per heavy atom. The third-order valence-electron chi connectivity index (χ3n) is 7.27. The van der Waals surface area contributed by atoms with Crippen molar-refractivity contribution in [3.8, 4) is 0 Å². The summed E-state index contributed by atoms with van der Waals surface area (Å²) in [5.74, 6) is -3.30. The Balaban J connectivity index is 1.99. The second kappa shape index (κ2) is 14.3. The molecule has 4 N–H and O–H groups in total. The van der Waals surface area contributed by atoms with E-state index in [0.29, 0.717) is 30.8 Å². The minimum atomic E-state index is -1.47. The first-order chi connectivity index (χ1) is 19.1. The molecule has 7 nitrogen and oxygen atoms in total. The van der Waals surface area contributed by atoms with Crippen molar-refractivity contribution in [3.05, 3.63) is 88.8 Å². The molecular weight excluding hydrogens is 514 g/mol. The third kappa shape index (κ3) is 7.82. The number of primary amides is 1. The van der Waals surface area contributed by atoms with Crippen molar-refractivity contribution in [1.82, 2.24) is 15.2 Å². The summed E-state index contributed by atoms with van der Waals surface area (Å²) < 4.78 is 28.3. The maximum absolute atomic E-state index is 14.1. The first-order valence-corrected chi connectivity index (χ1v) is 13.8. The van der Waals surface area contributed by atoms with Crippen molar-refractivity contribution < 1.29 is 23.5 Å². The van der Waals surface area contributed by atoms with E-state index in [0.717, 1.165) is 24.6 Å². The van der Waals surface area contributed by atoms with Gasteiger partial charge in [0.25, 0.3) is 0 Å². The van der Waals surface area contributed by atoms with Gasteiger partial charge >= 0.3 is 0 Å². The molecule has 9 heteroatoms. The van der Waals surface area contributed by atoms with E-state index in [1.165, 1.54) is 12.1 Å². The Labute approximate surface area is 235 Å². The average Bonchev–Trinajstić information content (AvgIpc) is 2.90. The van der Waals surface area contributed by atoms with Crippen LogP contribution in [0.15, 0.2) is 65.9 Å². The van der Waals surface area contributed by atoms with Gasteiger partial charge in [-0.05, 0) is 62.4 Å². The Kier molecular flexibility index (Phi) is 11.1. The number of hydrogen-bond donors (Lipinski definition) is 3. The Hall–Kier alpha value is -3.43. The third-order valence-corrected chi connectivity index (χ3v) is 7.27. The van der Waals surface area contributed by atoms with Gasteiger partial charge in [-0.1, -0.05) is 37.6 Å². The van der Waals surface area contributed by atoms with Crippen molar-refractivity contribution in [1.29, 1.82) is 0 Å². The molecule has 3 rings (SSSR count). The van der Waals surface area contributed by atoms with Crippen molar-refractivity contribution >= 4 is 11.8 Å². The van der Waals surface area contributed by atoms with Crippen LogP contribution in [-0.4, -0.2) is 52.5 Å². The van der Waals surface area contributed by atoms with Gasteiger partial charge < -0.3 is 21.1 Å². The number of carbonyl (C=O) groups excluding carboxylic acids is 2. The molecule has 0 bridgehead atoms. The van der Waals surface area contributed by atoms with Gasteiger partial charge in [0.05, 0.1) is 17.2 Å². The largest absolute Gasteiger partial charge is 0.391 e. The van der Waals surface area contributed by atoms with Crippen LogP contribution in [0.5, 0.6) is 0 Å². The van der Waals surface area contributed by atoms with E-state index in [9.17, 15) is 23.5 Å². The molecular formula is C31H40F2N4O3. The molecule has 2 amide bonds. The van der Waals surface area contributed by atoms with Crippen LogP contribution < -0.4 is 11.1 Å². The van der Waals surface area contributed by atoms with E-state index < -0.39 is 35.0 Å². The van der Waals surface area contributed by atoms with E-state index in [-0.39, 0.29) is 30.9 Å². The summed E-state index contributed by atoms with van der Waals surface area (Å²) in [6.07, 6.45) is 5.46. The van der Waals surface area contributed by atoms with Crippen LogP contribution in [0.4, 0.5) is 8.78 Å². The molecule has 3 atom stereocenters. The van der Waals surface area contributed by atoms with Crippen molar-refractivity contribution in [3.63, 3.8) is 0 Å². The molecule has 1 aromatic heterocycles. The summed E-state index contributed by atoms with van der Waals surface area (Å²) in [5, 5.41) is 14.7. The number of nitrogens with one attached hydrogen (secondary N) is 1. The predicted molar refractivity (Wildman–Crippen MR) is 151 cm³/mol. The number of halogens is 2. The van der Waals surface area contributed by atoms with E-state index >= 15 is 0 Å². The second-order valence-corrected chi connectivity index (χ2v) is 10.5. The van der Waals surface area contributed by atoms with E-state index in [2.05, 4.69) is 10.3 Å².